The topological polar surface area (TPSA) is 51.6 Å². The molecule has 4 rings (SSSR count). The number of hydrogen-bond acceptors (Lipinski definition) is 4. The van der Waals surface area contributed by atoms with Crippen LogP contribution < -0.4 is 0 Å². The Morgan fingerprint density at radius 3 is 1.48 bits per heavy atom. The van der Waals surface area contributed by atoms with Crippen LogP contribution in [0.25, 0.3) is 0 Å². The molecule has 0 amide bonds. The Labute approximate surface area is 276 Å². The van der Waals surface area contributed by atoms with Gasteiger partial charge in [0, 0.05) is 83.8 Å². The zero-order valence-corrected chi connectivity index (χ0v) is 33.9. The summed E-state index contributed by atoms with van der Waals surface area (Å²) >= 11 is 0. The van der Waals surface area contributed by atoms with E-state index in [0.717, 1.165) is 5.54 Å². The van der Waals surface area contributed by atoms with Crippen molar-refractivity contribution in [2.45, 2.75) is 102 Å². The number of aromatic nitrogens is 4. The van der Waals surface area contributed by atoms with E-state index in [4.69, 9.17) is 0 Å². The van der Waals surface area contributed by atoms with Gasteiger partial charge in [-0.2, -0.15) is 0 Å². The number of nitrogens with zero attached hydrogens (tertiary/aromatic N) is 4. The minimum absolute atomic E-state index is 0.361. The quantitative estimate of drug-likeness (QED) is 0.160. The summed E-state index contributed by atoms with van der Waals surface area (Å²) in [5, 5.41) is 0. The molecule has 240 valence electrons. The highest BCUT2D eigenvalue weighted by Crippen LogP contribution is 2.16. The Hall–Kier alpha value is -2.53. The van der Waals surface area contributed by atoms with E-state index in [0.29, 0.717) is 5.54 Å². The summed E-state index contributed by atoms with van der Waals surface area (Å²) in [6.45, 7) is 23.6. The molecule has 4 nitrogen and oxygen atoms in total. The van der Waals surface area contributed by atoms with Crippen LogP contribution in [0.4, 0.5) is 0 Å². The Kier molecular flexibility index (Phi) is 21.4. The normalized spacial score (nSPS) is 12.0. The van der Waals surface area contributed by atoms with Crippen molar-refractivity contribution in [3.05, 3.63) is 120 Å². The third kappa shape index (κ3) is 19.0. The van der Waals surface area contributed by atoms with Crippen molar-refractivity contribution in [3.63, 3.8) is 0 Å². The standard InChI is InChI=1S/4C9H15NSi/c1-8(11(2)3)9-4-6-10-7-5-9;1-11(2)8-5-9-3-6-10-7-4-9;1-8(11(2)3)9-6-4-5-7-10-9;1-11(2)8-6-9-5-3-4-7-10-9/h4-8,11H,1-3H3;3-4,6-7,11H,5,8H2,1-2H3;4-8,11H,1-3H3;3-5,7,11H,6,8H2,1-2H3. The van der Waals surface area contributed by atoms with Crippen molar-refractivity contribution < 1.29 is 0 Å². The highest BCUT2D eigenvalue weighted by atomic mass is 28.3. The molecule has 2 atom stereocenters. The van der Waals surface area contributed by atoms with E-state index in [1.165, 1.54) is 47.4 Å². The average Bonchev–Trinajstić information content (AvgIpc) is 3.04. The lowest BCUT2D eigenvalue weighted by atomic mass is 10.2. The summed E-state index contributed by atoms with van der Waals surface area (Å²) in [6, 6.07) is 23.5. The van der Waals surface area contributed by atoms with Gasteiger partial charge in [-0.25, -0.2) is 0 Å². The molecule has 0 radical (unpaired) electrons. The van der Waals surface area contributed by atoms with Crippen molar-refractivity contribution in [3.8, 4) is 0 Å². The molecule has 0 bridgehead atoms. The SMILES string of the molecule is CC(c1ccccn1)[SiH](C)C.CC(c1ccncc1)[SiH](C)C.C[SiH](C)CCc1ccccn1.C[SiH](C)CCc1ccncc1. The van der Waals surface area contributed by atoms with Gasteiger partial charge in [0.05, 0.1) is 0 Å². The van der Waals surface area contributed by atoms with Crippen molar-refractivity contribution >= 4 is 35.2 Å². The first kappa shape index (κ1) is 39.5. The Morgan fingerprint density at radius 2 is 1.02 bits per heavy atom. The molecule has 0 aliphatic carbocycles. The third-order valence-corrected chi connectivity index (χ3v) is 15.5. The summed E-state index contributed by atoms with van der Waals surface area (Å²) < 4.78 is 0. The number of aryl methyl sites for hydroxylation is 2. The maximum atomic E-state index is 4.33. The van der Waals surface area contributed by atoms with E-state index in [9.17, 15) is 0 Å². The molecule has 8 heteroatoms. The predicted octanol–water partition coefficient (Wildman–Crippen LogP) is 8.64. The van der Waals surface area contributed by atoms with Gasteiger partial charge in [0.15, 0.2) is 0 Å². The first-order valence-corrected chi connectivity index (χ1v) is 28.8. The largest absolute Gasteiger partial charge is 0.265 e. The second-order valence-electron chi connectivity index (χ2n) is 13.1. The van der Waals surface area contributed by atoms with E-state index >= 15 is 0 Å². The van der Waals surface area contributed by atoms with Gasteiger partial charge in [0.2, 0.25) is 0 Å². The summed E-state index contributed by atoms with van der Waals surface area (Å²) in [6.07, 6.45) is 13.7. The summed E-state index contributed by atoms with van der Waals surface area (Å²) in [5.74, 6) is 0. The van der Waals surface area contributed by atoms with Gasteiger partial charge in [-0.3, -0.25) is 19.9 Å². The molecule has 0 fully saturated rings. The fourth-order valence-corrected chi connectivity index (χ4v) is 7.68. The van der Waals surface area contributed by atoms with E-state index < -0.39 is 17.6 Å². The Morgan fingerprint density at radius 1 is 0.523 bits per heavy atom. The molecule has 4 aromatic rings. The molecule has 0 aromatic carbocycles. The molecule has 0 saturated carbocycles. The van der Waals surface area contributed by atoms with Crippen LogP contribution in [0.15, 0.2) is 97.8 Å². The van der Waals surface area contributed by atoms with Gasteiger partial charge in [-0.15, -0.1) is 0 Å². The number of rotatable bonds is 10. The van der Waals surface area contributed by atoms with Gasteiger partial charge in [-0.05, 0) is 83.6 Å². The molecular formula is C36H60N4Si4. The van der Waals surface area contributed by atoms with Crippen molar-refractivity contribution in [2.75, 3.05) is 0 Å². The molecule has 0 aliphatic heterocycles. The second-order valence-corrected chi connectivity index (χ2v) is 26.8. The van der Waals surface area contributed by atoms with Crippen LogP contribution in [0.2, 0.25) is 64.5 Å². The van der Waals surface area contributed by atoms with E-state index in [1.54, 1.807) is 0 Å². The average molecular weight is 661 g/mol. The van der Waals surface area contributed by atoms with Crippen molar-refractivity contribution in [1.29, 1.82) is 0 Å². The van der Waals surface area contributed by atoms with Crippen molar-refractivity contribution in [1.82, 2.24) is 19.9 Å². The van der Waals surface area contributed by atoms with Crippen LogP contribution in [-0.2, 0) is 12.8 Å². The van der Waals surface area contributed by atoms with Crippen LogP contribution in [-0.4, -0.2) is 55.1 Å². The maximum Gasteiger partial charge on any atom is 0.0404 e. The third-order valence-electron chi connectivity index (χ3n) is 7.85. The zero-order valence-electron chi connectivity index (χ0n) is 29.3. The van der Waals surface area contributed by atoms with Gasteiger partial charge >= 0.3 is 0 Å². The lowest BCUT2D eigenvalue weighted by molar-refractivity contribution is 0.969. The molecule has 2 unspecified atom stereocenters. The van der Waals surface area contributed by atoms with Crippen LogP contribution in [0.3, 0.4) is 0 Å². The fourth-order valence-electron chi connectivity index (χ4n) is 4.03. The van der Waals surface area contributed by atoms with Crippen molar-refractivity contribution in [2.24, 2.45) is 0 Å². The van der Waals surface area contributed by atoms with Gasteiger partial charge < -0.3 is 0 Å². The van der Waals surface area contributed by atoms with Gasteiger partial charge in [-0.1, -0.05) is 90.4 Å². The predicted molar refractivity (Wildman–Crippen MR) is 206 cm³/mol. The molecule has 4 aromatic heterocycles. The summed E-state index contributed by atoms with van der Waals surface area (Å²) in [7, 11) is -1.81. The smallest absolute Gasteiger partial charge is 0.0404 e. The first-order valence-electron chi connectivity index (χ1n) is 16.6. The lowest BCUT2D eigenvalue weighted by Crippen LogP contribution is -2.13. The zero-order chi connectivity index (χ0) is 32.7. The fraction of sp³-hybridized carbons (Fsp3) is 0.444. The van der Waals surface area contributed by atoms with Crippen LogP contribution >= 0.6 is 0 Å². The molecule has 0 N–H and O–H groups in total. The summed E-state index contributed by atoms with van der Waals surface area (Å²) in [4.78, 5) is 16.6. The van der Waals surface area contributed by atoms with E-state index in [2.05, 4.69) is 135 Å². The molecular weight excluding hydrogens is 601 g/mol. The minimum atomic E-state index is -0.554. The van der Waals surface area contributed by atoms with Gasteiger partial charge in [0.25, 0.3) is 0 Å². The second kappa shape index (κ2) is 23.8. The minimum Gasteiger partial charge on any atom is -0.265 e. The summed E-state index contributed by atoms with van der Waals surface area (Å²) in [5.41, 5.74) is 6.86. The first-order chi connectivity index (χ1) is 21.0. The van der Waals surface area contributed by atoms with E-state index in [-0.39, 0.29) is 17.6 Å². The molecule has 4 heterocycles. The number of pyridine rings is 4. The Bertz CT molecular complexity index is 1100. The lowest BCUT2D eigenvalue weighted by Gasteiger charge is -2.13. The number of hydrogen-bond donors (Lipinski definition) is 0. The van der Waals surface area contributed by atoms with Crippen LogP contribution in [0.1, 0.15) is 47.4 Å². The monoisotopic (exact) mass is 660 g/mol. The van der Waals surface area contributed by atoms with Gasteiger partial charge in [0.1, 0.15) is 0 Å². The maximum absolute atomic E-state index is 4.33. The highest BCUT2D eigenvalue weighted by Gasteiger charge is 2.11. The molecule has 0 spiro atoms. The molecule has 0 saturated heterocycles. The van der Waals surface area contributed by atoms with E-state index in [1.807, 2.05) is 49.3 Å². The van der Waals surface area contributed by atoms with Crippen LogP contribution in [0.5, 0.6) is 0 Å². The Balaban J connectivity index is 0.000000293. The molecule has 0 aliphatic rings. The molecule has 44 heavy (non-hydrogen) atoms. The highest BCUT2D eigenvalue weighted by molar-refractivity contribution is 6.57. The van der Waals surface area contributed by atoms with Crippen LogP contribution in [0, 0.1) is 0 Å².